The number of aromatic nitrogens is 7. The molecule has 1 aliphatic carbocycles. The zero-order valence-corrected chi connectivity index (χ0v) is 24.5. The number of piperazine rings is 1. The Labute approximate surface area is 255 Å². The molecule has 12 heteroatoms. The van der Waals surface area contributed by atoms with Crippen molar-refractivity contribution in [3.63, 3.8) is 0 Å². The van der Waals surface area contributed by atoms with E-state index in [0.29, 0.717) is 50.1 Å². The van der Waals surface area contributed by atoms with Crippen LogP contribution in [0.25, 0.3) is 11.5 Å². The fraction of sp³-hybridized carbons (Fsp3) is 0.375. The highest BCUT2D eigenvalue weighted by Crippen LogP contribution is 2.38. The predicted molar refractivity (Wildman–Crippen MR) is 164 cm³/mol. The van der Waals surface area contributed by atoms with Gasteiger partial charge in [-0.1, -0.05) is 65.9 Å². The summed E-state index contributed by atoms with van der Waals surface area (Å²) in [5.41, 5.74) is 9.62. The Hall–Kier alpha value is -4.84. The Kier molecular flexibility index (Phi) is 7.89. The van der Waals surface area contributed by atoms with Crippen molar-refractivity contribution in [3.05, 3.63) is 96.3 Å². The molecule has 0 radical (unpaired) electrons. The maximum absolute atomic E-state index is 13.0. The number of nitrogens with zero attached hydrogens (tertiary/aromatic N) is 9. The van der Waals surface area contributed by atoms with Crippen LogP contribution in [-0.2, 0) is 11.3 Å². The Bertz CT molecular complexity index is 1640. The number of anilines is 1. The molecule has 2 N–H and O–H groups in total. The Morgan fingerprint density at radius 3 is 2.27 bits per heavy atom. The maximum Gasteiger partial charge on any atom is 0.410 e. The molecule has 226 valence electrons. The topological polar surface area (TPSA) is 133 Å². The van der Waals surface area contributed by atoms with Crippen LogP contribution < -0.4 is 5.73 Å². The van der Waals surface area contributed by atoms with Crippen molar-refractivity contribution in [2.24, 2.45) is 0 Å². The summed E-state index contributed by atoms with van der Waals surface area (Å²) in [5, 5.41) is 9.25. The van der Waals surface area contributed by atoms with Crippen molar-refractivity contribution in [2.45, 2.75) is 50.4 Å². The number of nitrogen functional groups attached to an aromatic ring is 1. The normalized spacial score (nSPS) is 17.6. The van der Waals surface area contributed by atoms with Crippen molar-refractivity contribution in [3.8, 4) is 11.5 Å². The van der Waals surface area contributed by atoms with Gasteiger partial charge >= 0.3 is 6.09 Å². The van der Waals surface area contributed by atoms with E-state index >= 15 is 0 Å². The van der Waals surface area contributed by atoms with E-state index in [2.05, 4.69) is 78.7 Å². The lowest BCUT2D eigenvalue weighted by atomic mass is 9.91. The molecule has 1 aromatic heterocycles. The van der Waals surface area contributed by atoms with Crippen molar-refractivity contribution in [2.75, 3.05) is 31.9 Å². The smallest absolute Gasteiger partial charge is 0.410 e. The molecule has 1 saturated carbocycles. The summed E-state index contributed by atoms with van der Waals surface area (Å²) in [7, 11) is 0. The number of imidazole rings is 1. The zero-order chi connectivity index (χ0) is 29.9. The van der Waals surface area contributed by atoms with Gasteiger partial charge in [-0.25, -0.2) is 24.4 Å². The number of nitrogens with two attached hydrogens (primary N) is 1. The number of amides is 1. The third-order valence-corrected chi connectivity index (χ3v) is 8.72. The summed E-state index contributed by atoms with van der Waals surface area (Å²) >= 11 is 0. The van der Waals surface area contributed by atoms with Crippen LogP contribution in [0.5, 0.6) is 0 Å². The van der Waals surface area contributed by atoms with Gasteiger partial charge in [-0.2, -0.15) is 0 Å². The van der Waals surface area contributed by atoms with Crippen LogP contribution in [0.15, 0.2) is 79.5 Å². The van der Waals surface area contributed by atoms with E-state index in [4.69, 9.17) is 10.5 Å². The Balaban J connectivity index is 1.18. The number of rotatable bonds is 8. The number of ether oxygens (including phenoxy) is 1. The molecule has 0 spiro atoms. The first-order valence-electron chi connectivity index (χ1n) is 15.3. The molecule has 1 amide bonds. The third-order valence-electron chi connectivity index (χ3n) is 8.72. The molecular weight excluding hydrogens is 556 g/mol. The van der Waals surface area contributed by atoms with Crippen LogP contribution >= 0.6 is 0 Å². The second-order valence-corrected chi connectivity index (χ2v) is 11.5. The Morgan fingerprint density at radius 1 is 0.886 bits per heavy atom. The van der Waals surface area contributed by atoms with Crippen LogP contribution in [0.1, 0.15) is 54.6 Å². The molecule has 3 aromatic rings. The lowest BCUT2D eigenvalue weighted by Gasteiger charge is -2.42. The van der Waals surface area contributed by atoms with Crippen molar-refractivity contribution in [1.29, 1.82) is 0 Å². The van der Waals surface area contributed by atoms with Crippen LogP contribution in [-0.4, -0.2) is 82.7 Å². The molecule has 2 atom stereocenters. The highest BCUT2D eigenvalue weighted by atomic mass is 16.6. The molecule has 4 heterocycles. The minimum absolute atomic E-state index is 0.0559. The van der Waals surface area contributed by atoms with E-state index < -0.39 is 0 Å². The minimum Gasteiger partial charge on any atom is -0.446 e. The highest BCUT2D eigenvalue weighted by Gasteiger charge is 2.36. The van der Waals surface area contributed by atoms with E-state index in [1.165, 1.54) is 11.9 Å². The lowest BCUT2D eigenvalue weighted by molar-refractivity contribution is 0.0350. The molecule has 4 aliphatic rings. The van der Waals surface area contributed by atoms with Crippen LogP contribution in [0.3, 0.4) is 0 Å². The SMILES string of the molecule is Nc1ncn(Cc2cn([C@@H](c3ccccc3)[C@@H](c3ccccc3)N3CCN(C(=O)OC4CCCC4)CC3)nn2)c2ncnc1-2. The van der Waals surface area contributed by atoms with Crippen molar-refractivity contribution >= 4 is 11.9 Å². The van der Waals surface area contributed by atoms with Crippen molar-refractivity contribution < 1.29 is 9.53 Å². The number of benzene rings is 2. The average Bonchev–Trinajstić information content (AvgIpc) is 3.86. The zero-order valence-electron chi connectivity index (χ0n) is 24.5. The number of carbonyl (C=O) groups excluding carboxylic acids is 1. The second kappa shape index (κ2) is 12.4. The molecule has 0 bridgehead atoms. The van der Waals surface area contributed by atoms with Gasteiger partial charge in [-0.15, -0.1) is 5.10 Å². The Morgan fingerprint density at radius 2 is 1.57 bits per heavy atom. The molecule has 12 nitrogen and oxygen atoms in total. The molecular formula is C32H36N10O2. The first kappa shape index (κ1) is 28.0. The molecule has 1 saturated heterocycles. The maximum atomic E-state index is 13.0. The van der Waals surface area contributed by atoms with E-state index in [1.807, 2.05) is 32.5 Å². The van der Waals surface area contributed by atoms with E-state index in [9.17, 15) is 4.79 Å². The molecule has 44 heavy (non-hydrogen) atoms. The van der Waals surface area contributed by atoms with Gasteiger partial charge in [0.25, 0.3) is 0 Å². The molecule has 3 aliphatic heterocycles. The quantitative estimate of drug-likeness (QED) is 0.284. The number of hydrogen-bond donors (Lipinski definition) is 1. The fourth-order valence-electron chi connectivity index (χ4n) is 6.49. The van der Waals surface area contributed by atoms with Gasteiger partial charge in [0.05, 0.1) is 31.2 Å². The molecule has 2 aromatic carbocycles. The molecule has 7 rings (SSSR count). The van der Waals surface area contributed by atoms with Crippen LogP contribution in [0, 0.1) is 0 Å². The van der Waals surface area contributed by atoms with Crippen LogP contribution in [0.4, 0.5) is 10.6 Å². The van der Waals surface area contributed by atoms with E-state index in [-0.39, 0.29) is 24.3 Å². The number of carbonyl (C=O) groups is 1. The van der Waals surface area contributed by atoms with Gasteiger partial charge in [0.2, 0.25) is 0 Å². The highest BCUT2D eigenvalue weighted by molar-refractivity contribution is 5.68. The van der Waals surface area contributed by atoms with Gasteiger partial charge in [0, 0.05) is 26.2 Å². The summed E-state index contributed by atoms with van der Waals surface area (Å²) in [5.74, 6) is 0.997. The van der Waals surface area contributed by atoms with E-state index in [0.717, 1.165) is 36.9 Å². The first-order chi connectivity index (χ1) is 21.6. The van der Waals surface area contributed by atoms with Crippen molar-refractivity contribution in [1.82, 2.24) is 44.3 Å². The van der Waals surface area contributed by atoms with Gasteiger partial charge in [-0.3, -0.25) is 4.90 Å². The molecule has 2 fully saturated rings. The second-order valence-electron chi connectivity index (χ2n) is 11.5. The first-order valence-corrected chi connectivity index (χ1v) is 15.3. The third kappa shape index (κ3) is 5.72. The minimum atomic E-state index is -0.188. The van der Waals surface area contributed by atoms with E-state index in [1.54, 1.807) is 6.33 Å². The van der Waals surface area contributed by atoms with Gasteiger partial charge in [0.1, 0.15) is 23.8 Å². The molecule has 0 unspecified atom stereocenters. The average molecular weight is 593 g/mol. The summed E-state index contributed by atoms with van der Waals surface area (Å²) < 4.78 is 9.66. The number of fused-ring (bicyclic) bond motifs is 1. The number of hydrogen-bond acceptors (Lipinski definition) is 9. The lowest BCUT2D eigenvalue weighted by Crippen LogP contribution is -2.51. The largest absolute Gasteiger partial charge is 0.446 e. The monoisotopic (exact) mass is 592 g/mol. The summed E-state index contributed by atoms with van der Waals surface area (Å²) in [6, 6.07) is 20.7. The predicted octanol–water partition coefficient (Wildman–Crippen LogP) is 4.03. The fourth-order valence-corrected chi connectivity index (χ4v) is 6.49. The van der Waals surface area contributed by atoms with Gasteiger partial charge in [0.15, 0.2) is 11.6 Å². The summed E-state index contributed by atoms with van der Waals surface area (Å²) in [4.78, 5) is 30.2. The summed E-state index contributed by atoms with van der Waals surface area (Å²) in [6.07, 6.45) is 9.22. The summed E-state index contributed by atoms with van der Waals surface area (Å²) in [6.45, 7) is 3.06. The van der Waals surface area contributed by atoms with Crippen LogP contribution in [0.2, 0.25) is 0 Å². The van der Waals surface area contributed by atoms with Gasteiger partial charge in [-0.05, 0) is 36.8 Å². The standard InChI is InChI=1S/C32H36N10O2/c33-30-27-31(35-21-34-27)41(22-36-30)19-25-20-42(38-37-25)29(24-11-5-2-6-12-24)28(23-9-3-1-4-10-23)39-15-17-40(18-16-39)32(43)44-26-13-7-8-14-26/h1-6,9-12,20-22,26,28-29H,7-8,13-19,33H2/t28-,29+/m1/s1. The van der Waals surface area contributed by atoms with Gasteiger partial charge < -0.3 is 19.9 Å².